The fourth-order valence-corrected chi connectivity index (χ4v) is 4.56. The molecule has 1 aromatic heterocycles. The normalized spacial score (nSPS) is 21.9. The molecule has 31 heavy (non-hydrogen) atoms. The standard InChI is InChI=1S/C23H22F2N4O2/c24-17-6-5-14(9-18(17)25)12-28-7-8-29-21(13-28)22(30)27-20(23(29)31)10-15-11-26-19-4-2-1-3-16(15)19/h1-6,9,11,20-21,26H,7-8,10,12-13H2,(H,27,30)/t20-,21+/m0/s1. The van der Waals surface area contributed by atoms with Gasteiger partial charge in [0.15, 0.2) is 11.6 Å². The Morgan fingerprint density at radius 3 is 2.71 bits per heavy atom. The van der Waals surface area contributed by atoms with Crippen molar-refractivity contribution in [3.8, 4) is 0 Å². The lowest BCUT2D eigenvalue weighted by Crippen LogP contribution is -2.69. The predicted molar refractivity (Wildman–Crippen MR) is 111 cm³/mol. The summed E-state index contributed by atoms with van der Waals surface area (Å²) in [5, 5.41) is 3.93. The highest BCUT2D eigenvalue weighted by Crippen LogP contribution is 2.23. The summed E-state index contributed by atoms with van der Waals surface area (Å²) in [6.45, 7) is 1.73. The summed E-state index contributed by atoms with van der Waals surface area (Å²) in [5.74, 6) is -2.03. The Balaban J connectivity index is 1.28. The summed E-state index contributed by atoms with van der Waals surface area (Å²) in [4.78, 5) is 32.8. The molecule has 0 saturated carbocycles. The van der Waals surface area contributed by atoms with E-state index in [2.05, 4.69) is 10.3 Å². The molecular weight excluding hydrogens is 402 g/mol. The number of carbonyl (C=O) groups is 2. The Morgan fingerprint density at radius 2 is 1.87 bits per heavy atom. The highest BCUT2D eigenvalue weighted by atomic mass is 19.2. The molecule has 2 atom stereocenters. The fourth-order valence-electron chi connectivity index (χ4n) is 4.56. The van der Waals surface area contributed by atoms with Gasteiger partial charge in [-0.1, -0.05) is 24.3 Å². The first-order chi connectivity index (χ1) is 15.0. The largest absolute Gasteiger partial charge is 0.361 e. The third-order valence-corrected chi connectivity index (χ3v) is 6.15. The van der Waals surface area contributed by atoms with Gasteiger partial charge in [-0.2, -0.15) is 0 Å². The summed E-state index contributed by atoms with van der Waals surface area (Å²) in [5.41, 5.74) is 2.62. The van der Waals surface area contributed by atoms with Crippen molar-refractivity contribution in [1.29, 1.82) is 0 Å². The molecule has 3 heterocycles. The molecule has 5 rings (SSSR count). The molecule has 2 saturated heterocycles. The molecule has 0 bridgehead atoms. The lowest BCUT2D eigenvalue weighted by Gasteiger charge is -2.45. The number of piperazine rings is 2. The van der Waals surface area contributed by atoms with Gasteiger partial charge in [-0.3, -0.25) is 14.5 Å². The van der Waals surface area contributed by atoms with E-state index in [1.165, 1.54) is 12.1 Å². The molecule has 0 aliphatic carbocycles. The van der Waals surface area contributed by atoms with Gasteiger partial charge in [0.1, 0.15) is 12.1 Å². The van der Waals surface area contributed by atoms with Crippen LogP contribution in [0.2, 0.25) is 0 Å². The molecule has 2 amide bonds. The van der Waals surface area contributed by atoms with Crippen LogP contribution in [-0.2, 0) is 22.6 Å². The molecule has 0 unspecified atom stereocenters. The number of aromatic amines is 1. The summed E-state index contributed by atoms with van der Waals surface area (Å²) in [6, 6.07) is 10.5. The van der Waals surface area contributed by atoms with Crippen molar-refractivity contribution in [3.05, 3.63) is 71.4 Å². The number of carbonyl (C=O) groups excluding carboxylic acids is 2. The van der Waals surface area contributed by atoms with Crippen molar-refractivity contribution in [2.24, 2.45) is 0 Å². The van der Waals surface area contributed by atoms with E-state index >= 15 is 0 Å². The predicted octanol–water partition coefficient (Wildman–Crippen LogP) is 2.20. The number of fused-ring (bicyclic) bond motifs is 2. The van der Waals surface area contributed by atoms with E-state index in [1.807, 2.05) is 35.4 Å². The minimum Gasteiger partial charge on any atom is -0.361 e. The number of aromatic nitrogens is 1. The smallest absolute Gasteiger partial charge is 0.246 e. The lowest BCUT2D eigenvalue weighted by molar-refractivity contribution is -0.153. The molecule has 2 aliphatic heterocycles. The minimum absolute atomic E-state index is 0.0812. The highest BCUT2D eigenvalue weighted by molar-refractivity contribution is 5.98. The van der Waals surface area contributed by atoms with E-state index in [0.29, 0.717) is 38.2 Å². The third-order valence-electron chi connectivity index (χ3n) is 6.15. The van der Waals surface area contributed by atoms with Crippen LogP contribution in [-0.4, -0.2) is 58.3 Å². The Kier molecular flexibility index (Phi) is 4.94. The van der Waals surface area contributed by atoms with E-state index in [0.717, 1.165) is 22.5 Å². The van der Waals surface area contributed by atoms with Crippen molar-refractivity contribution in [2.45, 2.75) is 25.0 Å². The van der Waals surface area contributed by atoms with Crippen LogP contribution in [0.5, 0.6) is 0 Å². The molecule has 6 nitrogen and oxygen atoms in total. The van der Waals surface area contributed by atoms with Crippen molar-refractivity contribution in [3.63, 3.8) is 0 Å². The first kappa shape index (κ1) is 19.7. The zero-order valence-electron chi connectivity index (χ0n) is 16.8. The lowest BCUT2D eigenvalue weighted by atomic mass is 9.98. The van der Waals surface area contributed by atoms with Crippen LogP contribution in [0.25, 0.3) is 10.9 Å². The number of nitrogens with zero attached hydrogens (tertiary/aromatic N) is 2. The van der Waals surface area contributed by atoms with Crippen LogP contribution in [0, 0.1) is 11.6 Å². The van der Waals surface area contributed by atoms with Gasteiger partial charge in [0.2, 0.25) is 11.8 Å². The minimum atomic E-state index is -0.887. The van der Waals surface area contributed by atoms with Crippen LogP contribution < -0.4 is 5.32 Å². The number of rotatable bonds is 4. The maximum atomic E-state index is 13.5. The van der Waals surface area contributed by atoms with Gasteiger partial charge in [0, 0.05) is 49.7 Å². The number of hydrogen-bond acceptors (Lipinski definition) is 3. The molecule has 2 N–H and O–H groups in total. The zero-order valence-corrected chi connectivity index (χ0v) is 16.8. The Labute approximate surface area is 177 Å². The summed E-state index contributed by atoms with van der Waals surface area (Å²) in [7, 11) is 0. The maximum Gasteiger partial charge on any atom is 0.246 e. The zero-order chi connectivity index (χ0) is 21.5. The molecular formula is C23H22F2N4O2. The van der Waals surface area contributed by atoms with Gasteiger partial charge in [-0.15, -0.1) is 0 Å². The number of nitrogens with one attached hydrogen (secondary N) is 2. The molecule has 160 valence electrons. The van der Waals surface area contributed by atoms with Crippen LogP contribution in [0.1, 0.15) is 11.1 Å². The van der Waals surface area contributed by atoms with Crippen molar-refractivity contribution >= 4 is 22.7 Å². The van der Waals surface area contributed by atoms with E-state index < -0.39 is 23.7 Å². The number of H-pyrrole nitrogens is 1. The van der Waals surface area contributed by atoms with Gasteiger partial charge in [-0.25, -0.2) is 8.78 Å². The first-order valence-electron chi connectivity index (χ1n) is 10.3. The van der Waals surface area contributed by atoms with Crippen LogP contribution >= 0.6 is 0 Å². The van der Waals surface area contributed by atoms with Gasteiger partial charge < -0.3 is 15.2 Å². The number of benzene rings is 2. The highest BCUT2D eigenvalue weighted by Gasteiger charge is 2.43. The Hall–Kier alpha value is -3.26. The number of halogens is 2. The van der Waals surface area contributed by atoms with Gasteiger partial charge in [-0.05, 0) is 29.3 Å². The van der Waals surface area contributed by atoms with Gasteiger partial charge in [0.05, 0.1) is 0 Å². The van der Waals surface area contributed by atoms with E-state index in [9.17, 15) is 18.4 Å². The van der Waals surface area contributed by atoms with Gasteiger partial charge >= 0.3 is 0 Å². The molecule has 0 radical (unpaired) electrons. The molecule has 3 aromatic rings. The number of amides is 2. The van der Waals surface area contributed by atoms with Crippen LogP contribution in [0.3, 0.4) is 0 Å². The monoisotopic (exact) mass is 424 g/mol. The van der Waals surface area contributed by atoms with Crippen molar-refractivity contribution in [1.82, 2.24) is 20.1 Å². The van der Waals surface area contributed by atoms with Crippen molar-refractivity contribution in [2.75, 3.05) is 19.6 Å². The van der Waals surface area contributed by atoms with E-state index in [-0.39, 0.29) is 11.8 Å². The van der Waals surface area contributed by atoms with Crippen molar-refractivity contribution < 1.29 is 18.4 Å². The maximum absolute atomic E-state index is 13.5. The second-order valence-corrected chi connectivity index (χ2v) is 8.16. The first-order valence-corrected chi connectivity index (χ1v) is 10.3. The van der Waals surface area contributed by atoms with Crippen LogP contribution in [0.15, 0.2) is 48.7 Å². The fraction of sp³-hybridized carbons (Fsp3) is 0.304. The summed E-state index contributed by atoms with van der Waals surface area (Å²) < 4.78 is 26.7. The van der Waals surface area contributed by atoms with E-state index in [4.69, 9.17) is 0 Å². The molecule has 2 aliphatic rings. The quantitative estimate of drug-likeness (QED) is 0.675. The number of hydrogen-bond donors (Lipinski definition) is 2. The molecule has 8 heteroatoms. The molecule has 2 aromatic carbocycles. The van der Waals surface area contributed by atoms with Crippen LogP contribution in [0.4, 0.5) is 8.78 Å². The average Bonchev–Trinajstić information content (AvgIpc) is 3.17. The number of para-hydroxylation sites is 1. The summed E-state index contributed by atoms with van der Waals surface area (Å²) in [6.07, 6.45) is 2.31. The molecule has 2 fully saturated rings. The third kappa shape index (κ3) is 3.67. The Bertz CT molecular complexity index is 1160. The second kappa shape index (κ2) is 7.77. The SMILES string of the molecule is O=C1N[C@@H](Cc2c[nH]c3ccccc23)C(=O)N2CCN(Cc3ccc(F)c(F)c3)C[C@H]12. The second-order valence-electron chi connectivity index (χ2n) is 8.16. The average molecular weight is 424 g/mol. The van der Waals surface area contributed by atoms with E-state index in [1.54, 1.807) is 4.90 Å². The molecule has 0 spiro atoms. The van der Waals surface area contributed by atoms with Gasteiger partial charge in [0.25, 0.3) is 0 Å². The Morgan fingerprint density at radius 1 is 1.03 bits per heavy atom. The topological polar surface area (TPSA) is 68.4 Å². The summed E-state index contributed by atoms with van der Waals surface area (Å²) >= 11 is 0.